The average Bonchev–Trinajstić information content (AvgIpc) is 2.26. The summed E-state index contributed by atoms with van der Waals surface area (Å²) in [7, 11) is 0. The van der Waals surface area contributed by atoms with Gasteiger partial charge in [-0.3, -0.25) is 9.59 Å². The van der Waals surface area contributed by atoms with Gasteiger partial charge < -0.3 is 0 Å². The lowest BCUT2D eigenvalue weighted by molar-refractivity contribution is -0.121. The second-order valence-corrected chi connectivity index (χ2v) is 5.16. The van der Waals surface area contributed by atoms with Gasteiger partial charge in [-0.1, -0.05) is 34.1 Å². The summed E-state index contributed by atoms with van der Waals surface area (Å²) in [5, 5.41) is 0. The number of carbonyl (C=O) groups is 1. The SMILES string of the molecule is CCC(C)CCC(=O)C([C]=O)CCC(C)C. The zero-order valence-electron chi connectivity index (χ0n) is 11.1. The van der Waals surface area contributed by atoms with Crippen LogP contribution in [0, 0.1) is 17.8 Å². The van der Waals surface area contributed by atoms with E-state index in [2.05, 4.69) is 27.7 Å². The summed E-state index contributed by atoms with van der Waals surface area (Å²) >= 11 is 0. The maximum absolute atomic E-state index is 11.7. The van der Waals surface area contributed by atoms with E-state index in [0.29, 0.717) is 24.7 Å². The molecule has 16 heavy (non-hydrogen) atoms. The van der Waals surface area contributed by atoms with Crippen molar-refractivity contribution >= 4 is 12.1 Å². The van der Waals surface area contributed by atoms with E-state index in [1.807, 2.05) is 6.29 Å². The third-order valence-electron chi connectivity index (χ3n) is 3.14. The average molecular weight is 225 g/mol. The fourth-order valence-electron chi connectivity index (χ4n) is 1.55. The summed E-state index contributed by atoms with van der Waals surface area (Å²) in [5.74, 6) is 0.710. The monoisotopic (exact) mass is 225 g/mol. The van der Waals surface area contributed by atoms with Gasteiger partial charge in [0.1, 0.15) is 5.78 Å². The smallest absolute Gasteiger partial charge is 0.209 e. The van der Waals surface area contributed by atoms with Gasteiger partial charge in [0.05, 0.1) is 5.92 Å². The molecule has 0 aromatic heterocycles. The number of ketones is 1. The molecule has 2 atom stereocenters. The predicted octanol–water partition coefficient (Wildman–Crippen LogP) is 3.54. The molecule has 0 N–H and O–H groups in total. The summed E-state index contributed by atoms with van der Waals surface area (Å²) in [5.41, 5.74) is 0. The topological polar surface area (TPSA) is 34.1 Å². The van der Waals surface area contributed by atoms with Crippen LogP contribution in [-0.4, -0.2) is 12.1 Å². The maximum Gasteiger partial charge on any atom is 0.209 e. The molecule has 0 aliphatic heterocycles. The molecule has 0 saturated carbocycles. The van der Waals surface area contributed by atoms with Crippen LogP contribution in [0.1, 0.15) is 59.8 Å². The minimum absolute atomic E-state index is 0.0796. The van der Waals surface area contributed by atoms with E-state index < -0.39 is 5.92 Å². The highest BCUT2D eigenvalue weighted by Gasteiger charge is 2.18. The summed E-state index contributed by atoms with van der Waals surface area (Å²) < 4.78 is 0. The number of carbonyl (C=O) groups excluding carboxylic acids is 2. The number of hydrogen-bond acceptors (Lipinski definition) is 2. The molecule has 93 valence electrons. The molecule has 0 aliphatic rings. The standard InChI is InChI=1S/C14H25O2/c1-5-12(4)7-9-14(16)13(10-15)8-6-11(2)3/h11-13H,5-9H2,1-4H3. The Hall–Kier alpha value is -0.660. The Bertz CT molecular complexity index is 209. The Kier molecular flexibility index (Phi) is 8.14. The van der Waals surface area contributed by atoms with Crippen molar-refractivity contribution in [1.82, 2.24) is 0 Å². The quantitative estimate of drug-likeness (QED) is 0.562. The van der Waals surface area contributed by atoms with Crippen LogP contribution < -0.4 is 0 Å². The lowest BCUT2D eigenvalue weighted by Gasteiger charge is -2.12. The van der Waals surface area contributed by atoms with Crippen molar-refractivity contribution in [3.8, 4) is 0 Å². The first-order valence-electron chi connectivity index (χ1n) is 6.41. The number of Topliss-reactive ketones (excluding diaryl/α,β-unsaturated/α-hetero) is 1. The Morgan fingerprint density at radius 1 is 1.12 bits per heavy atom. The number of hydrogen-bond donors (Lipinski definition) is 0. The van der Waals surface area contributed by atoms with Crippen LogP contribution >= 0.6 is 0 Å². The second kappa shape index (κ2) is 8.49. The van der Waals surface area contributed by atoms with Gasteiger partial charge in [0, 0.05) is 6.42 Å². The van der Waals surface area contributed by atoms with Crippen LogP contribution in [-0.2, 0) is 9.59 Å². The molecule has 2 nitrogen and oxygen atoms in total. The molecule has 0 aromatic rings. The highest BCUT2D eigenvalue weighted by Crippen LogP contribution is 2.16. The highest BCUT2D eigenvalue weighted by atomic mass is 16.1. The summed E-state index contributed by atoms with van der Waals surface area (Å²) in [6.07, 6.45) is 6.02. The van der Waals surface area contributed by atoms with Gasteiger partial charge >= 0.3 is 0 Å². The molecule has 0 bridgehead atoms. The molecule has 0 spiro atoms. The van der Waals surface area contributed by atoms with Crippen molar-refractivity contribution in [2.24, 2.45) is 17.8 Å². The van der Waals surface area contributed by atoms with E-state index in [9.17, 15) is 9.59 Å². The van der Waals surface area contributed by atoms with Crippen LogP contribution in [0.5, 0.6) is 0 Å². The summed E-state index contributed by atoms with van der Waals surface area (Å²) in [6, 6.07) is 0. The van der Waals surface area contributed by atoms with Crippen molar-refractivity contribution in [1.29, 1.82) is 0 Å². The van der Waals surface area contributed by atoms with E-state index >= 15 is 0 Å². The minimum atomic E-state index is -0.480. The van der Waals surface area contributed by atoms with Crippen molar-refractivity contribution in [3.05, 3.63) is 0 Å². The zero-order chi connectivity index (χ0) is 12.6. The molecular formula is C14H25O2. The minimum Gasteiger partial charge on any atom is -0.299 e. The van der Waals surface area contributed by atoms with Gasteiger partial charge in [0.2, 0.25) is 6.29 Å². The molecule has 0 aliphatic carbocycles. The molecule has 0 amide bonds. The van der Waals surface area contributed by atoms with E-state index in [1.165, 1.54) is 0 Å². The molecule has 0 fully saturated rings. The first-order chi connectivity index (χ1) is 7.51. The van der Waals surface area contributed by atoms with Crippen molar-refractivity contribution in [2.75, 3.05) is 0 Å². The lowest BCUT2D eigenvalue weighted by Crippen LogP contribution is -2.17. The molecule has 1 radical (unpaired) electrons. The molecular weight excluding hydrogens is 200 g/mol. The number of rotatable bonds is 9. The first kappa shape index (κ1) is 15.3. The maximum atomic E-state index is 11.7. The van der Waals surface area contributed by atoms with Crippen molar-refractivity contribution in [2.45, 2.75) is 59.8 Å². The third-order valence-corrected chi connectivity index (χ3v) is 3.14. The summed E-state index contributed by atoms with van der Waals surface area (Å²) in [4.78, 5) is 22.5. The first-order valence-corrected chi connectivity index (χ1v) is 6.41. The Balaban J connectivity index is 3.96. The largest absolute Gasteiger partial charge is 0.299 e. The fourth-order valence-corrected chi connectivity index (χ4v) is 1.55. The van der Waals surface area contributed by atoms with Crippen LogP contribution in [0.3, 0.4) is 0 Å². The van der Waals surface area contributed by atoms with Crippen LogP contribution in [0.2, 0.25) is 0 Å². The highest BCUT2D eigenvalue weighted by molar-refractivity contribution is 5.93. The normalized spacial score (nSPS) is 14.8. The molecule has 0 rings (SSSR count). The van der Waals surface area contributed by atoms with Gasteiger partial charge in [-0.15, -0.1) is 0 Å². The lowest BCUT2D eigenvalue weighted by atomic mass is 9.91. The summed E-state index contributed by atoms with van der Waals surface area (Å²) in [6.45, 7) is 8.47. The van der Waals surface area contributed by atoms with Gasteiger partial charge in [-0.25, -0.2) is 0 Å². The molecule has 0 saturated heterocycles. The van der Waals surface area contributed by atoms with Gasteiger partial charge in [-0.2, -0.15) is 0 Å². The van der Waals surface area contributed by atoms with Gasteiger partial charge in [0.15, 0.2) is 0 Å². The molecule has 2 heteroatoms. The van der Waals surface area contributed by atoms with E-state index in [-0.39, 0.29) is 5.78 Å². The van der Waals surface area contributed by atoms with E-state index in [0.717, 1.165) is 19.3 Å². The van der Waals surface area contributed by atoms with Gasteiger partial charge in [0.25, 0.3) is 0 Å². The Morgan fingerprint density at radius 2 is 1.75 bits per heavy atom. The van der Waals surface area contributed by atoms with E-state index in [1.54, 1.807) is 0 Å². The Morgan fingerprint density at radius 3 is 2.19 bits per heavy atom. The van der Waals surface area contributed by atoms with Crippen LogP contribution in [0.25, 0.3) is 0 Å². The fraction of sp³-hybridized carbons (Fsp3) is 0.857. The predicted molar refractivity (Wildman–Crippen MR) is 67.0 cm³/mol. The van der Waals surface area contributed by atoms with E-state index in [4.69, 9.17) is 0 Å². The molecule has 2 unspecified atom stereocenters. The van der Waals surface area contributed by atoms with Crippen LogP contribution in [0.4, 0.5) is 0 Å². The molecule has 0 aromatic carbocycles. The third kappa shape index (κ3) is 6.76. The zero-order valence-corrected chi connectivity index (χ0v) is 11.1. The van der Waals surface area contributed by atoms with Crippen molar-refractivity contribution in [3.63, 3.8) is 0 Å². The van der Waals surface area contributed by atoms with Crippen LogP contribution in [0.15, 0.2) is 0 Å². The molecule has 0 heterocycles. The Labute approximate surface area is 99.8 Å². The van der Waals surface area contributed by atoms with Crippen molar-refractivity contribution < 1.29 is 9.59 Å². The second-order valence-electron chi connectivity index (χ2n) is 5.16. The van der Waals surface area contributed by atoms with Gasteiger partial charge in [-0.05, 0) is 31.1 Å².